The van der Waals surface area contributed by atoms with E-state index in [1.54, 1.807) is 0 Å². The largest absolute Gasteiger partial charge is 0.342 e. The lowest BCUT2D eigenvalue weighted by molar-refractivity contribution is -0.136. The molecule has 1 amide bonds. The Hall–Kier alpha value is -0.570. The van der Waals surface area contributed by atoms with Crippen LogP contribution in [0.5, 0.6) is 0 Å². The first-order valence-electron chi connectivity index (χ1n) is 6.84. The Bertz CT molecular complexity index is 326. The Morgan fingerprint density at radius 1 is 1.41 bits per heavy atom. The first kappa shape index (κ1) is 12.9. The maximum atomic E-state index is 12.4. The van der Waals surface area contributed by atoms with Gasteiger partial charge in [0.15, 0.2) is 0 Å². The Morgan fingerprint density at radius 3 is 2.53 bits per heavy atom. The molecule has 0 aromatic heterocycles. The molecule has 2 N–H and O–H groups in total. The zero-order valence-corrected chi connectivity index (χ0v) is 11.6. The summed E-state index contributed by atoms with van der Waals surface area (Å²) in [6.07, 6.45) is 3.12. The van der Waals surface area contributed by atoms with Crippen LogP contribution in [0.25, 0.3) is 0 Å². The molecule has 2 fully saturated rings. The van der Waals surface area contributed by atoms with E-state index in [-0.39, 0.29) is 22.8 Å². The van der Waals surface area contributed by atoms with Gasteiger partial charge in [-0.3, -0.25) is 4.79 Å². The molecule has 3 unspecified atom stereocenters. The van der Waals surface area contributed by atoms with E-state index in [0.717, 1.165) is 32.4 Å². The van der Waals surface area contributed by atoms with Gasteiger partial charge in [0.2, 0.25) is 5.91 Å². The van der Waals surface area contributed by atoms with Crippen LogP contribution in [-0.2, 0) is 4.79 Å². The highest BCUT2D eigenvalue weighted by Gasteiger charge is 2.54. The van der Waals surface area contributed by atoms with Crippen LogP contribution in [0.2, 0.25) is 0 Å². The molecule has 1 saturated heterocycles. The third-order valence-corrected chi connectivity index (χ3v) is 5.08. The number of piperidine rings is 1. The molecule has 1 heterocycles. The zero-order chi connectivity index (χ0) is 12.8. The molecule has 2 rings (SSSR count). The van der Waals surface area contributed by atoms with E-state index in [9.17, 15) is 4.79 Å². The van der Waals surface area contributed by atoms with E-state index >= 15 is 0 Å². The fourth-order valence-electron chi connectivity index (χ4n) is 2.97. The van der Waals surface area contributed by atoms with Crippen LogP contribution in [-0.4, -0.2) is 29.9 Å². The topological polar surface area (TPSA) is 46.3 Å². The summed E-state index contributed by atoms with van der Waals surface area (Å²) in [6, 6.07) is 0.225. The lowest BCUT2D eigenvalue weighted by Crippen LogP contribution is -2.54. The number of carbonyl (C=O) groups excluding carboxylic acids is 1. The number of hydrogen-bond donors (Lipinski definition) is 1. The van der Waals surface area contributed by atoms with Gasteiger partial charge in [-0.05, 0) is 30.1 Å². The molecule has 98 valence electrons. The van der Waals surface area contributed by atoms with Crippen molar-refractivity contribution in [2.45, 2.75) is 53.0 Å². The first-order chi connectivity index (χ1) is 7.80. The highest BCUT2D eigenvalue weighted by molar-refractivity contribution is 5.82. The fraction of sp³-hybridized carbons (Fsp3) is 0.929. The third kappa shape index (κ3) is 2.22. The summed E-state index contributed by atoms with van der Waals surface area (Å²) in [4.78, 5) is 14.5. The number of likely N-dealkylation sites (tertiary alicyclic amines) is 1. The van der Waals surface area contributed by atoms with Gasteiger partial charge < -0.3 is 10.6 Å². The van der Waals surface area contributed by atoms with Gasteiger partial charge in [0, 0.05) is 25.0 Å². The van der Waals surface area contributed by atoms with Gasteiger partial charge in [0.1, 0.15) is 0 Å². The molecular formula is C14H26N2O. The summed E-state index contributed by atoms with van der Waals surface area (Å²) >= 11 is 0. The lowest BCUT2D eigenvalue weighted by Gasteiger charge is -2.42. The second-order valence-electron chi connectivity index (χ2n) is 6.91. The van der Waals surface area contributed by atoms with Gasteiger partial charge in [-0.15, -0.1) is 0 Å². The van der Waals surface area contributed by atoms with E-state index in [1.165, 1.54) is 0 Å². The van der Waals surface area contributed by atoms with Crippen molar-refractivity contribution in [3.63, 3.8) is 0 Å². The second kappa shape index (κ2) is 3.98. The Balaban J connectivity index is 1.99. The Morgan fingerprint density at radius 2 is 2.06 bits per heavy atom. The molecule has 0 spiro atoms. The smallest absolute Gasteiger partial charge is 0.226 e. The third-order valence-electron chi connectivity index (χ3n) is 5.08. The average molecular weight is 238 g/mol. The minimum atomic E-state index is 0.0609. The molecular weight excluding hydrogens is 212 g/mol. The molecule has 17 heavy (non-hydrogen) atoms. The SMILES string of the molecule is CCC1(C)CC1C(=O)N1CCC(N)C(C)(C)C1. The minimum absolute atomic E-state index is 0.0609. The van der Waals surface area contributed by atoms with Crippen LogP contribution in [0.4, 0.5) is 0 Å². The lowest BCUT2D eigenvalue weighted by atomic mass is 9.79. The molecule has 0 aromatic carbocycles. The number of amides is 1. The number of rotatable bonds is 2. The highest BCUT2D eigenvalue weighted by atomic mass is 16.2. The fourth-order valence-corrected chi connectivity index (χ4v) is 2.97. The van der Waals surface area contributed by atoms with E-state index in [0.29, 0.717) is 5.91 Å². The second-order valence-corrected chi connectivity index (χ2v) is 6.91. The Kier molecular flexibility index (Phi) is 3.01. The van der Waals surface area contributed by atoms with Gasteiger partial charge in [-0.1, -0.05) is 27.7 Å². The quantitative estimate of drug-likeness (QED) is 0.800. The molecule has 0 bridgehead atoms. The van der Waals surface area contributed by atoms with Crippen LogP contribution < -0.4 is 5.73 Å². The highest BCUT2D eigenvalue weighted by Crippen LogP contribution is 2.55. The summed E-state index contributed by atoms with van der Waals surface area (Å²) in [7, 11) is 0. The summed E-state index contributed by atoms with van der Waals surface area (Å²) in [6.45, 7) is 10.4. The van der Waals surface area contributed by atoms with Crippen molar-refractivity contribution < 1.29 is 4.79 Å². The van der Waals surface area contributed by atoms with Crippen molar-refractivity contribution in [3.8, 4) is 0 Å². The maximum Gasteiger partial charge on any atom is 0.226 e. The van der Waals surface area contributed by atoms with E-state index < -0.39 is 0 Å². The van der Waals surface area contributed by atoms with Gasteiger partial charge in [0.25, 0.3) is 0 Å². The van der Waals surface area contributed by atoms with Crippen molar-refractivity contribution in [1.29, 1.82) is 0 Å². The summed E-state index contributed by atoms with van der Waals surface area (Å²) in [5.74, 6) is 0.645. The van der Waals surface area contributed by atoms with Crippen LogP contribution in [0.1, 0.15) is 47.0 Å². The number of carbonyl (C=O) groups is 1. The van der Waals surface area contributed by atoms with E-state index in [1.807, 2.05) is 0 Å². The molecule has 0 aromatic rings. The number of nitrogens with two attached hydrogens (primary N) is 1. The van der Waals surface area contributed by atoms with E-state index in [2.05, 4.69) is 32.6 Å². The van der Waals surface area contributed by atoms with Gasteiger partial charge in [-0.25, -0.2) is 0 Å². The maximum absolute atomic E-state index is 12.4. The van der Waals surface area contributed by atoms with Crippen molar-refractivity contribution in [2.75, 3.05) is 13.1 Å². The van der Waals surface area contributed by atoms with Gasteiger partial charge in [-0.2, -0.15) is 0 Å². The van der Waals surface area contributed by atoms with Crippen molar-refractivity contribution in [2.24, 2.45) is 22.5 Å². The van der Waals surface area contributed by atoms with E-state index in [4.69, 9.17) is 5.73 Å². The van der Waals surface area contributed by atoms with Crippen LogP contribution in [0.3, 0.4) is 0 Å². The molecule has 3 heteroatoms. The summed E-state index contributed by atoms with van der Waals surface area (Å²) in [5.41, 5.74) is 6.45. The first-order valence-corrected chi connectivity index (χ1v) is 6.84. The monoisotopic (exact) mass is 238 g/mol. The Labute approximate surface area is 105 Å². The van der Waals surface area contributed by atoms with Crippen LogP contribution >= 0.6 is 0 Å². The molecule has 2 aliphatic rings. The molecule has 0 radical (unpaired) electrons. The molecule has 1 saturated carbocycles. The molecule has 3 atom stereocenters. The average Bonchev–Trinajstić information content (AvgIpc) is 2.95. The summed E-state index contributed by atoms with van der Waals surface area (Å²) in [5, 5.41) is 0. The summed E-state index contributed by atoms with van der Waals surface area (Å²) < 4.78 is 0. The zero-order valence-electron chi connectivity index (χ0n) is 11.6. The predicted octanol–water partition coefficient (Wildman–Crippen LogP) is 2.01. The van der Waals surface area contributed by atoms with Crippen LogP contribution in [0, 0.1) is 16.7 Å². The van der Waals surface area contributed by atoms with Gasteiger partial charge in [0.05, 0.1) is 0 Å². The predicted molar refractivity (Wildman–Crippen MR) is 69.5 cm³/mol. The van der Waals surface area contributed by atoms with Gasteiger partial charge >= 0.3 is 0 Å². The number of hydrogen-bond acceptors (Lipinski definition) is 2. The minimum Gasteiger partial charge on any atom is -0.342 e. The number of nitrogens with zero attached hydrogens (tertiary/aromatic N) is 1. The van der Waals surface area contributed by atoms with Crippen molar-refractivity contribution >= 4 is 5.91 Å². The molecule has 3 nitrogen and oxygen atoms in total. The molecule has 1 aliphatic carbocycles. The normalized spacial score (nSPS) is 40.2. The standard InChI is InChI=1S/C14H26N2O/c1-5-14(4)8-10(14)12(17)16-7-6-11(15)13(2,3)9-16/h10-11H,5-9,15H2,1-4H3. The van der Waals surface area contributed by atoms with Crippen LogP contribution in [0.15, 0.2) is 0 Å². The molecule has 1 aliphatic heterocycles. The van der Waals surface area contributed by atoms with Crippen molar-refractivity contribution in [1.82, 2.24) is 4.90 Å². The van der Waals surface area contributed by atoms with Crippen molar-refractivity contribution in [3.05, 3.63) is 0 Å².